The molecule has 0 aliphatic rings. The molecule has 0 fully saturated rings. The van der Waals surface area contributed by atoms with Crippen LogP contribution in [-0.2, 0) is 0 Å². The summed E-state index contributed by atoms with van der Waals surface area (Å²) >= 11 is 1.33. The number of hydrogen-bond donors (Lipinski definition) is 0. The molecule has 3 aromatic rings. The van der Waals surface area contributed by atoms with Crippen LogP contribution in [0.5, 0.6) is 5.88 Å². The van der Waals surface area contributed by atoms with Crippen LogP contribution in [0.4, 0.5) is 0 Å². The Morgan fingerprint density at radius 3 is 2.83 bits per heavy atom. The number of ketones is 1. The molecular weight excluding hydrogens is 312 g/mol. The lowest BCUT2D eigenvalue weighted by Crippen LogP contribution is -2.07. The first-order valence-electron chi connectivity index (χ1n) is 6.90. The van der Waals surface area contributed by atoms with Gasteiger partial charge in [0.2, 0.25) is 5.88 Å². The third-order valence-electron chi connectivity index (χ3n) is 3.15. The molecule has 0 radical (unpaired) electrons. The molecule has 0 saturated heterocycles. The van der Waals surface area contributed by atoms with Crippen molar-refractivity contribution >= 4 is 17.5 Å². The molecule has 3 rings (SSSR count). The molecule has 0 N–H and O–H groups in total. The van der Waals surface area contributed by atoms with Crippen LogP contribution < -0.4 is 4.74 Å². The van der Waals surface area contributed by atoms with Gasteiger partial charge < -0.3 is 4.74 Å². The van der Waals surface area contributed by atoms with Crippen molar-refractivity contribution in [2.75, 3.05) is 12.9 Å². The summed E-state index contributed by atoms with van der Waals surface area (Å²) in [6.45, 7) is 0. The first-order valence-corrected chi connectivity index (χ1v) is 7.88. The molecule has 1 aromatic carbocycles. The van der Waals surface area contributed by atoms with E-state index >= 15 is 0 Å². The van der Waals surface area contributed by atoms with Gasteiger partial charge in [-0.25, -0.2) is 4.98 Å². The molecule has 7 heteroatoms. The van der Waals surface area contributed by atoms with Gasteiger partial charge in [0.05, 0.1) is 18.4 Å². The Hall–Kier alpha value is -2.67. The van der Waals surface area contributed by atoms with Crippen molar-refractivity contribution in [3.63, 3.8) is 0 Å². The van der Waals surface area contributed by atoms with Crippen LogP contribution in [0.15, 0.2) is 60.1 Å². The molecule has 2 heterocycles. The van der Waals surface area contributed by atoms with Gasteiger partial charge in [-0.3, -0.25) is 9.36 Å². The van der Waals surface area contributed by atoms with Crippen LogP contribution in [-0.4, -0.2) is 38.4 Å². The average Bonchev–Trinajstić information content (AvgIpc) is 3.09. The smallest absolute Gasteiger partial charge is 0.224 e. The zero-order valence-corrected chi connectivity index (χ0v) is 13.2. The van der Waals surface area contributed by atoms with E-state index in [2.05, 4.69) is 15.2 Å². The maximum absolute atomic E-state index is 12.4. The lowest BCUT2D eigenvalue weighted by molar-refractivity contribution is 0.101. The van der Waals surface area contributed by atoms with Crippen molar-refractivity contribution in [1.82, 2.24) is 19.7 Å². The number of rotatable bonds is 6. The van der Waals surface area contributed by atoms with Crippen LogP contribution in [0.3, 0.4) is 0 Å². The standard InChI is InChI=1S/C16H14N4O2S/c1-22-15-13(8-5-9-17-15)14(21)10-23-16-19-18-11-20(16)12-6-3-2-4-7-12/h2-9,11H,10H2,1H3. The largest absolute Gasteiger partial charge is 0.480 e. The van der Waals surface area contributed by atoms with E-state index in [9.17, 15) is 4.79 Å². The Morgan fingerprint density at radius 2 is 2.04 bits per heavy atom. The number of nitrogens with zero attached hydrogens (tertiary/aromatic N) is 4. The number of methoxy groups -OCH3 is 1. The predicted octanol–water partition coefficient (Wildman–Crippen LogP) is 2.65. The molecule has 6 nitrogen and oxygen atoms in total. The molecule has 0 amide bonds. The van der Waals surface area contributed by atoms with E-state index in [1.165, 1.54) is 18.9 Å². The minimum atomic E-state index is -0.0671. The van der Waals surface area contributed by atoms with Crippen molar-refractivity contribution in [1.29, 1.82) is 0 Å². The Morgan fingerprint density at radius 1 is 1.22 bits per heavy atom. The summed E-state index contributed by atoms with van der Waals surface area (Å²) < 4.78 is 6.97. The molecule has 0 atom stereocenters. The normalized spacial score (nSPS) is 10.5. The fraction of sp³-hybridized carbons (Fsp3) is 0.125. The van der Waals surface area contributed by atoms with Gasteiger partial charge >= 0.3 is 0 Å². The quantitative estimate of drug-likeness (QED) is 0.512. The van der Waals surface area contributed by atoms with Crippen LogP contribution >= 0.6 is 11.8 Å². The molecule has 0 unspecified atom stereocenters. The van der Waals surface area contributed by atoms with E-state index < -0.39 is 0 Å². The number of carbonyl (C=O) groups excluding carboxylic acids is 1. The molecule has 0 aliphatic heterocycles. The molecule has 0 saturated carbocycles. The van der Waals surface area contributed by atoms with Gasteiger partial charge in [0.15, 0.2) is 10.9 Å². The van der Waals surface area contributed by atoms with Gasteiger partial charge in [-0.15, -0.1) is 10.2 Å². The predicted molar refractivity (Wildman–Crippen MR) is 87.2 cm³/mol. The third kappa shape index (κ3) is 3.40. The zero-order valence-electron chi connectivity index (χ0n) is 12.4. The van der Waals surface area contributed by atoms with Gasteiger partial charge in [-0.05, 0) is 24.3 Å². The maximum Gasteiger partial charge on any atom is 0.224 e. The number of pyridine rings is 1. The highest BCUT2D eigenvalue weighted by Crippen LogP contribution is 2.22. The lowest BCUT2D eigenvalue weighted by atomic mass is 10.2. The molecular formula is C16H14N4O2S. The second-order valence-electron chi connectivity index (χ2n) is 4.59. The fourth-order valence-electron chi connectivity index (χ4n) is 2.06. The van der Waals surface area contributed by atoms with Gasteiger partial charge in [0.25, 0.3) is 0 Å². The summed E-state index contributed by atoms with van der Waals surface area (Å²) in [4.78, 5) is 16.4. The molecule has 0 bridgehead atoms. The summed E-state index contributed by atoms with van der Waals surface area (Å²) in [7, 11) is 1.50. The van der Waals surface area contributed by atoms with E-state index in [0.717, 1.165) is 5.69 Å². The fourth-order valence-corrected chi connectivity index (χ4v) is 2.87. The van der Waals surface area contributed by atoms with Gasteiger partial charge in [0, 0.05) is 11.9 Å². The van der Waals surface area contributed by atoms with Crippen LogP contribution in [0.25, 0.3) is 5.69 Å². The van der Waals surface area contributed by atoms with E-state index in [0.29, 0.717) is 16.6 Å². The number of aromatic nitrogens is 4. The highest BCUT2D eigenvalue weighted by molar-refractivity contribution is 7.99. The van der Waals surface area contributed by atoms with E-state index in [1.807, 2.05) is 34.9 Å². The Bertz CT molecular complexity index is 805. The number of para-hydroxylation sites is 1. The SMILES string of the molecule is COc1ncccc1C(=O)CSc1nncn1-c1ccccc1. The van der Waals surface area contributed by atoms with Gasteiger partial charge in [-0.1, -0.05) is 30.0 Å². The average molecular weight is 326 g/mol. The molecule has 116 valence electrons. The monoisotopic (exact) mass is 326 g/mol. The van der Waals surface area contributed by atoms with Crippen molar-refractivity contribution < 1.29 is 9.53 Å². The number of Topliss-reactive ketones (excluding diaryl/α,β-unsaturated/α-hetero) is 1. The second-order valence-corrected chi connectivity index (χ2v) is 5.53. The van der Waals surface area contributed by atoms with Crippen LogP contribution in [0.1, 0.15) is 10.4 Å². The number of ether oxygens (including phenoxy) is 1. The van der Waals surface area contributed by atoms with Crippen LogP contribution in [0.2, 0.25) is 0 Å². The summed E-state index contributed by atoms with van der Waals surface area (Å²) in [5.41, 5.74) is 1.42. The second kappa shape index (κ2) is 7.06. The van der Waals surface area contributed by atoms with Crippen LogP contribution in [0, 0.1) is 0 Å². The van der Waals surface area contributed by atoms with Crippen molar-refractivity contribution in [2.24, 2.45) is 0 Å². The topological polar surface area (TPSA) is 69.9 Å². The minimum absolute atomic E-state index is 0.0671. The first kappa shape index (κ1) is 15.2. The molecule has 2 aromatic heterocycles. The highest BCUT2D eigenvalue weighted by Gasteiger charge is 2.15. The minimum Gasteiger partial charge on any atom is -0.480 e. The maximum atomic E-state index is 12.4. The number of hydrogen-bond acceptors (Lipinski definition) is 6. The number of benzene rings is 1. The summed E-state index contributed by atoms with van der Waals surface area (Å²) in [6.07, 6.45) is 3.22. The highest BCUT2D eigenvalue weighted by atomic mass is 32.2. The lowest BCUT2D eigenvalue weighted by Gasteiger charge is -2.07. The van der Waals surface area contributed by atoms with E-state index in [4.69, 9.17) is 4.74 Å². The number of thioether (sulfide) groups is 1. The van der Waals surface area contributed by atoms with E-state index in [-0.39, 0.29) is 11.5 Å². The Kier molecular flexibility index (Phi) is 4.68. The van der Waals surface area contributed by atoms with Gasteiger partial charge in [0.1, 0.15) is 6.33 Å². The third-order valence-corrected chi connectivity index (χ3v) is 4.09. The summed E-state index contributed by atoms with van der Waals surface area (Å²) in [5.74, 6) is 0.498. The van der Waals surface area contributed by atoms with E-state index in [1.54, 1.807) is 24.7 Å². The summed E-state index contributed by atoms with van der Waals surface area (Å²) in [6, 6.07) is 13.2. The molecule has 0 aliphatic carbocycles. The van der Waals surface area contributed by atoms with Gasteiger partial charge in [-0.2, -0.15) is 0 Å². The Balaban J connectivity index is 1.75. The molecule has 23 heavy (non-hydrogen) atoms. The Labute approximate surface area is 137 Å². The van der Waals surface area contributed by atoms with Crippen molar-refractivity contribution in [3.05, 3.63) is 60.6 Å². The first-order chi connectivity index (χ1) is 11.3. The van der Waals surface area contributed by atoms with Crippen molar-refractivity contribution in [3.8, 4) is 11.6 Å². The molecule has 0 spiro atoms. The number of carbonyl (C=O) groups is 1. The summed E-state index contributed by atoms with van der Waals surface area (Å²) in [5, 5.41) is 8.66. The van der Waals surface area contributed by atoms with Crippen molar-refractivity contribution in [2.45, 2.75) is 5.16 Å². The zero-order chi connectivity index (χ0) is 16.1.